The maximum absolute atomic E-state index is 12.9. The summed E-state index contributed by atoms with van der Waals surface area (Å²) in [5.41, 5.74) is 3.92. The van der Waals surface area contributed by atoms with Gasteiger partial charge >= 0.3 is 0 Å². The zero-order valence-corrected chi connectivity index (χ0v) is 22.5. The van der Waals surface area contributed by atoms with Crippen LogP contribution in [0.15, 0.2) is 11.1 Å². The summed E-state index contributed by atoms with van der Waals surface area (Å²) in [5, 5.41) is 10.8. The zero-order chi connectivity index (χ0) is 24.2. The quantitative estimate of drug-likeness (QED) is 0.371. The molecule has 4 fully saturated rings. The van der Waals surface area contributed by atoms with Gasteiger partial charge in [0.1, 0.15) is 11.9 Å². The predicted molar refractivity (Wildman–Crippen MR) is 133 cm³/mol. The third-order valence-corrected chi connectivity index (χ3v) is 12.3. The second kappa shape index (κ2) is 7.19. The lowest BCUT2D eigenvalue weighted by molar-refractivity contribution is -0.180. The molecule has 186 valence electrons. The van der Waals surface area contributed by atoms with Crippen LogP contribution >= 0.6 is 0 Å². The van der Waals surface area contributed by atoms with Crippen molar-refractivity contribution >= 4 is 5.78 Å². The van der Waals surface area contributed by atoms with Crippen LogP contribution in [0.5, 0.6) is 0 Å². The van der Waals surface area contributed by atoms with Crippen LogP contribution in [0, 0.1) is 39.4 Å². The molecule has 1 aliphatic heterocycles. The molecule has 8 atom stereocenters. The van der Waals surface area contributed by atoms with E-state index < -0.39 is 0 Å². The van der Waals surface area contributed by atoms with Gasteiger partial charge in [0.2, 0.25) is 0 Å². The summed E-state index contributed by atoms with van der Waals surface area (Å²) in [6.45, 7) is 18.7. The van der Waals surface area contributed by atoms with Gasteiger partial charge in [0.05, 0.1) is 11.7 Å². The van der Waals surface area contributed by atoms with E-state index in [1.54, 1.807) is 11.1 Å². The number of fused-ring (bicyclic) bond motifs is 5. The minimum absolute atomic E-state index is 0.000756. The predicted octanol–water partition coefficient (Wildman–Crippen LogP) is 6.87. The molecule has 0 amide bonds. The first-order chi connectivity index (χ1) is 15.2. The van der Waals surface area contributed by atoms with E-state index >= 15 is 0 Å². The fraction of sp³-hybridized carbons (Fsp3) is 0.900. The largest absolute Gasteiger partial charge is 0.390 e. The molecule has 0 bridgehead atoms. The fourth-order valence-corrected chi connectivity index (χ4v) is 10.1. The normalized spacial score (nSPS) is 47.4. The van der Waals surface area contributed by atoms with E-state index in [0.29, 0.717) is 29.0 Å². The van der Waals surface area contributed by atoms with E-state index in [2.05, 4.69) is 55.4 Å². The van der Waals surface area contributed by atoms with E-state index in [4.69, 9.17) is 4.74 Å². The minimum Gasteiger partial charge on any atom is -0.390 e. The molecule has 0 spiro atoms. The van der Waals surface area contributed by atoms with E-state index in [-0.39, 0.29) is 34.1 Å². The highest BCUT2D eigenvalue weighted by molar-refractivity contribution is 5.85. The first-order valence-electron chi connectivity index (χ1n) is 13.8. The summed E-state index contributed by atoms with van der Waals surface area (Å²) >= 11 is 0. The van der Waals surface area contributed by atoms with Crippen molar-refractivity contribution in [2.75, 3.05) is 0 Å². The highest BCUT2D eigenvalue weighted by Crippen LogP contribution is 2.74. The number of aliphatic hydroxyl groups is 1. The molecule has 3 saturated carbocycles. The molecule has 0 radical (unpaired) electrons. The highest BCUT2D eigenvalue weighted by atomic mass is 16.6. The van der Waals surface area contributed by atoms with Crippen molar-refractivity contribution in [1.82, 2.24) is 0 Å². The Balaban J connectivity index is 1.43. The molecule has 5 rings (SSSR count). The monoisotopic (exact) mass is 456 g/mol. The minimum atomic E-state index is -0.363. The standard InChI is InChI=1S/C30H48O3/c1-18(17-21(31)25-27(4,5)33-25)19-11-15-29(7)20(19)9-10-23-28(6)14-13-24(32)26(2,3)22(28)12-16-30(23,29)8/h18,21-23,25,31H,9-17H2,1-8H3/t18-,21+,22+,23+,25+,28+,29+,30+/m0/s1. The van der Waals surface area contributed by atoms with E-state index in [9.17, 15) is 9.90 Å². The SMILES string of the molecule is C[C@@H](C[C@@H](O)[C@H]1OC1(C)C)C1=C2CC[C@@H]3[C@]4(C)CCC(=O)C(C)(C)[C@H]4CC[C@@]3(C)[C@]2(C)CC1. The molecule has 1 saturated heterocycles. The Morgan fingerprint density at radius 3 is 2.24 bits per heavy atom. The molecule has 5 aliphatic rings. The molecule has 1 N–H and O–H groups in total. The molecular weight excluding hydrogens is 408 g/mol. The molecule has 0 aromatic carbocycles. The first kappa shape index (κ1) is 24.0. The van der Waals surface area contributed by atoms with Crippen molar-refractivity contribution in [1.29, 1.82) is 0 Å². The topological polar surface area (TPSA) is 49.8 Å². The van der Waals surface area contributed by atoms with Crippen LogP contribution in [0.3, 0.4) is 0 Å². The molecule has 4 aliphatic carbocycles. The number of Topliss-reactive ketones (excluding diaryl/α,β-unsaturated/α-hetero) is 1. The van der Waals surface area contributed by atoms with Gasteiger partial charge in [0, 0.05) is 11.8 Å². The fourth-order valence-electron chi connectivity index (χ4n) is 10.1. The molecule has 1 heterocycles. The van der Waals surface area contributed by atoms with Crippen LogP contribution in [0.2, 0.25) is 0 Å². The second-order valence-electron chi connectivity index (χ2n) is 14.4. The lowest BCUT2D eigenvalue weighted by atomic mass is 9.36. The molecule has 3 heteroatoms. The Morgan fingerprint density at radius 2 is 1.61 bits per heavy atom. The number of hydrogen-bond donors (Lipinski definition) is 1. The van der Waals surface area contributed by atoms with Crippen LogP contribution in [-0.4, -0.2) is 28.7 Å². The van der Waals surface area contributed by atoms with E-state index in [1.807, 2.05) is 0 Å². The molecule has 0 aromatic rings. The van der Waals surface area contributed by atoms with Gasteiger partial charge in [-0.15, -0.1) is 0 Å². The molecule has 0 unspecified atom stereocenters. The first-order valence-corrected chi connectivity index (χ1v) is 13.8. The lowest BCUT2D eigenvalue weighted by Gasteiger charge is -2.68. The summed E-state index contributed by atoms with van der Waals surface area (Å²) in [6.07, 6.45) is 9.71. The van der Waals surface area contributed by atoms with Gasteiger partial charge < -0.3 is 9.84 Å². The van der Waals surface area contributed by atoms with Gasteiger partial charge in [0.15, 0.2) is 0 Å². The van der Waals surface area contributed by atoms with Crippen molar-refractivity contribution in [3.63, 3.8) is 0 Å². The van der Waals surface area contributed by atoms with Gasteiger partial charge in [-0.3, -0.25) is 4.79 Å². The number of rotatable bonds is 4. The van der Waals surface area contributed by atoms with Crippen molar-refractivity contribution in [3.8, 4) is 0 Å². The van der Waals surface area contributed by atoms with E-state index in [1.165, 1.54) is 38.5 Å². The Morgan fingerprint density at radius 1 is 0.939 bits per heavy atom. The van der Waals surface area contributed by atoms with Crippen molar-refractivity contribution < 1.29 is 14.6 Å². The Labute approximate surface area is 202 Å². The number of ether oxygens (including phenoxy) is 1. The Hall–Kier alpha value is -0.670. The van der Waals surface area contributed by atoms with Gasteiger partial charge in [-0.1, -0.05) is 52.7 Å². The number of allylic oxidation sites excluding steroid dienone is 2. The number of aliphatic hydroxyl groups excluding tert-OH is 1. The highest BCUT2D eigenvalue weighted by Gasteiger charge is 2.66. The third-order valence-electron chi connectivity index (χ3n) is 12.3. The maximum atomic E-state index is 12.9. The molecule has 0 aromatic heterocycles. The van der Waals surface area contributed by atoms with Crippen LogP contribution < -0.4 is 0 Å². The van der Waals surface area contributed by atoms with Crippen molar-refractivity contribution in [2.45, 2.75) is 131 Å². The average molecular weight is 457 g/mol. The number of carbonyl (C=O) groups is 1. The second-order valence-corrected chi connectivity index (χ2v) is 14.4. The molecular formula is C30H48O3. The summed E-state index contributed by atoms with van der Waals surface area (Å²) in [4.78, 5) is 12.9. The summed E-state index contributed by atoms with van der Waals surface area (Å²) in [7, 11) is 0. The number of ketones is 1. The maximum Gasteiger partial charge on any atom is 0.138 e. The third kappa shape index (κ3) is 3.16. The van der Waals surface area contributed by atoms with Gasteiger partial charge in [-0.2, -0.15) is 0 Å². The average Bonchev–Trinajstić information content (AvgIpc) is 3.20. The van der Waals surface area contributed by atoms with E-state index in [0.717, 1.165) is 19.3 Å². The lowest BCUT2D eigenvalue weighted by Crippen LogP contribution is -2.62. The van der Waals surface area contributed by atoms with Gasteiger partial charge in [-0.25, -0.2) is 0 Å². The van der Waals surface area contributed by atoms with Gasteiger partial charge in [0.25, 0.3) is 0 Å². The number of epoxide rings is 1. The van der Waals surface area contributed by atoms with Crippen LogP contribution in [-0.2, 0) is 9.53 Å². The van der Waals surface area contributed by atoms with Crippen LogP contribution in [0.1, 0.15) is 113 Å². The van der Waals surface area contributed by atoms with Crippen molar-refractivity contribution in [3.05, 3.63) is 11.1 Å². The number of carbonyl (C=O) groups excluding carboxylic acids is 1. The zero-order valence-electron chi connectivity index (χ0n) is 22.5. The van der Waals surface area contributed by atoms with Gasteiger partial charge in [-0.05, 0) is 99.2 Å². The van der Waals surface area contributed by atoms with Crippen LogP contribution in [0.25, 0.3) is 0 Å². The Kier molecular flexibility index (Phi) is 5.24. The summed E-state index contributed by atoms with van der Waals surface area (Å²) < 4.78 is 5.74. The van der Waals surface area contributed by atoms with Crippen LogP contribution in [0.4, 0.5) is 0 Å². The smallest absolute Gasteiger partial charge is 0.138 e. The summed E-state index contributed by atoms with van der Waals surface area (Å²) in [5.74, 6) is 2.14. The number of hydrogen-bond acceptors (Lipinski definition) is 3. The van der Waals surface area contributed by atoms with Crippen molar-refractivity contribution in [2.24, 2.45) is 39.4 Å². The molecule has 33 heavy (non-hydrogen) atoms. The molecule has 3 nitrogen and oxygen atoms in total. The Bertz CT molecular complexity index is 883. The summed E-state index contributed by atoms with van der Waals surface area (Å²) in [6, 6.07) is 0.